The lowest BCUT2D eigenvalue weighted by molar-refractivity contribution is -0.0237. The summed E-state index contributed by atoms with van der Waals surface area (Å²) in [5.74, 6) is 0. The largest absolute Gasteiger partial charge is 0.341 e. The van der Waals surface area contributed by atoms with Crippen molar-refractivity contribution in [1.29, 1.82) is 0 Å². The number of carbonyl (C=O) groups excluding carboxylic acids is 1. The van der Waals surface area contributed by atoms with Crippen molar-refractivity contribution in [2.45, 2.75) is 0 Å². The average molecular weight is 102 g/mol. The number of hydrogen-bond acceptors (Lipinski definition) is 2. The van der Waals surface area contributed by atoms with Crippen LogP contribution in [0.1, 0.15) is 0 Å². The molecule has 4 heteroatoms. The van der Waals surface area contributed by atoms with Gasteiger partial charge in [-0.3, -0.25) is 5.21 Å². The predicted octanol–water partition coefficient (Wildman–Crippen LogP) is -0.599. The Labute approximate surface area is 40.7 Å². The molecule has 4 nitrogen and oxygen atoms in total. The number of amides is 2. The fraction of sp³-hybridized carbons (Fsp3) is 0.667. The third-order valence-corrected chi connectivity index (χ3v) is 0.834. The summed E-state index contributed by atoms with van der Waals surface area (Å²) in [5, 5.41) is 11.5. The first-order valence-corrected chi connectivity index (χ1v) is 2.05. The van der Waals surface area contributed by atoms with E-state index in [0.717, 1.165) is 0 Å². The van der Waals surface area contributed by atoms with Gasteiger partial charge in [0.15, 0.2) is 0 Å². The molecular weight excluding hydrogens is 96.0 g/mol. The Hall–Kier alpha value is -0.770. The molecule has 0 aromatic rings. The Morgan fingerprint density at radius 2 is 2.57 bits per heavy atom. The SMILES string of the molecule is O=C1NCCN1O. The van der Waals surface area contributed by atoms with E-state index in [0.29, 0.717) is 18.2 Å². The van der Waals surface area contributed by atoms with E-state index in [9.17, 15) is 4.79 Å². The molecule has 0 bridgehead atoms. The highest BCUT2D eigenvalue weighted by atomic mass is 16.5. The molecule has 1 fully saturated rings. The fourth-order valence-electron chi connectivity index (χ4n) is 0.462. The van der Waals surface area contributed by atoms with Gasteiger partial charge in [-0.15, -0.1) is 0 Å². The summed E-state index contributed by atoms with van der Waals surface area (Å²) in [6.45, 7) is 0.953. The molecule has 2 amide bonds. The molecule has 0 saturated carbocycles. The third kappa shape index (κ3) is 0.640. The Bertz CT molecular complexity index is 92.9. The molecule has 7 heavy (non-hydrogen) atoms. The number of nitrogens with one attached hydrogen (secondary N) is 1. The Morgan fingerprint density at radius 1 is 1.86 bits per heavy atom. The van der Waals surface area contributed by atoms with E-state index < -0.39 is 6.03 Å². The summed E-state index contributed by atoms with van der Waals surface area (Å²) in [5.41, 5.74) is 0. The summed E-state index contributed by atoms with van der Waals surface area (Å²) in [6.07, 6.45) is 0. The lowest BCUT2D eigenvalue weighted by Crippen LogP contribution is -2.23. The van der Waals surface area contributed by atoms with Crippen molar-refractivity contribution in [2.75, 3.05) is 13.1 Å². The van der Waals surface area contributed by atoms with Crippen molar-refractivity contribution in [3.63, 3.8) is 0 Å². The molecular formula is C3H6N2O2. The van der Waals surface area contributed by atoms with Crippen molar-refractivity contribution in [3.8, 4) is 0 Å². The number of carbonyl (C=O) groups is 1. The molecule has 1 saturated heterocycles. The second-order valence-corrected chi connectivity index (χ2v) is 1.36. The molecule has 40 valence electrons. The van der Waals surface area contributed by atoms with Crippen LogP contribution in [0.4, 0.5) is 4.79 Å². The molecule has 0 aromatic heterocycles. The van der Waals surface area contributed by atoms with Crippen molar-refractivity contribution < 1.29 is 10.0 Å². The van der Waals surface area contributed by atoms with Crippen LogP contribution >= 0.6 is 0 Å². The number of urea groups is 1. The first-order valence-electron chi connectivity index (χ1n) is 2.05. The average Bonchev–Trinajstić information content (AvgIpc) is 1.91. The highest BCUT2D eigenvalue weighted by molar-refractivity contribution is 5.74. The van der Waals surface area contributed by atoms with Gasteiger partial charge in [0, 0.05) is 6.54 Å². The van der Waals surface area contributed by atoms with Crippen LogP contribution in [0.25, 0.3) is 0 Å². The highest BCUT2D eigenvalue weighted by Gasteiger charge is 2.15. The second-order valence-electron chi connectivity index (χ2n) is 1.36. The molecule has 0 aromatic carbocycles. The minimum atomic E-state index is -0.403. The molecule has 1 rings (SSSR count). The smallest absolute Gasteiger partial charge is 0.334 e. The quantitative estimate of drug-likeness (QED) is 0.401. The zero-order valence-electron chi connectivity index (χ0n) is 3.72. The molecule has 0 unspecified atom stereocenters. The molecule has 0 aliphatic carbocycles. The van der Waals surface area contributed by atoms with Crippen LogP contribution in [0.15, 0.2) is 0 Å². The maximum atomic E-state index is 10.1. The van der Waals surface area contributed by atoms with Crippen molar-refractivity contribution in [1.82, 2.24) is 10.4 Å². The van der Waals surface area contributed by atoms with Crippen molar-refractivity contribution >= 4 is 6.03 Å². The van der Waals surface area contributed by atoms with E-state index in [2.05, 4.69) is 5.32 Å². The predicted molar refractivity (Wildman–Crippen MR) is 21.9 cm³/mol. The van der Waals surface area contributed by atoms with Gasteiger partial charge < -0.3 is 5.32 Å². The van der Waals surface area contributed by atoms with Crippen LogP contribution in [0.5, 0.6) is 0 Å². The van der Waals surface area contributed by atoms with E-state index in [1.54, 1.807) is 0 Å². The Kier molecular flexibility index (Phi) is 0.867. The van der Waals surface area contributed by atoms with Gasteiger partial charge in [-0.25, -0.2) is 9.86 Å². The standard InChI is InChI=1S/C3H6N2O2/c6-3-4-1-2-5(3)7/h7H,1-2H2,(H,4,6). The third-order valence-electron chi connectivity index (χ3n) is 0.834. The van der Waals surface area contributed by atoms with E-state index in [4.69, 9.17) is 5.21 Å². The van der Waals surface area contributed by atoms with E-state index in [1.807, 2.05) is 0 Å². The van der Waals surface area contributed by atoms with Crippen LogP contribution in [-0.2, 0) is 0 Å². The summed E-state index contributed by atoms with van der Waals surface area (Å²) >= 11 is 0. The fourth-order valence-corrected chi connectivity index (χ4v) is 0.462. The lowest BCUT2D eigenvalue weighted by Gasteiger charge is -1.98. The summed E-state index contributed by atoms with van der Waals surface area (Å²) in [4.78, 5) is 10.1. The van der Waals surface area contributed by atoms with Crippen LogP contribution < -0.4 is 5.32 Å². The van der Waals surface area contributed by atoms with Crippen LogP contribution in [0.3, 0.4) is 0 Å². The first kappa shape index (κ1) is 4.39. The first-order chi connectivity index (χ1) is 3.30. The van der Waals surface area contributed by atoms with Gasteiger partial charge in [0.2, 0.25) is 0 Å². The highest BCUT2D eigenvalue weighted by Crippen LogP contribution is 1.87. The van der Waals surface area contributed by atoms with Gasteiger partial charge in [-0.05, 0) is 0 Å². The monoisotopic (exact) mass is 102 g/mol. The maximum absolute atomic E-state index is 10.1. The van der Waals surface area contributed by atoms with E-state index >= 15 is 0 Å². The molecule has 1 aliphatic rings. The van der Waals surface area contributed by atoms with E-state index in [-0.39, 0.29) is 0 Å². The molecule has 0 atom stereocenters. The number of rotatable bonds is 0. The van der Waals surface area contributed by atoms with Crippen LogP contribution in [-0.4, -0.2) is 29.4 Å². The summed E-state index contributed by atoms with van der Waals surface area (Å²) in [6, 6.07) is -0.403. The number of hydrogen-bond donors (Lipinski definition) is 2. The van der Waals surface area contributed by atoms with Gasteiger partial charge >= 0.3 is 6.03 Å². The zero-order valence-corrected chi connectivity index (χ0v) is 3.72. The molecule has 1 heterocycles. The van der Waals surface area contributed by atoms with E-state index in [1.165, 1.54) is 0 Å². The topological polar surface area (TPSA) is 52.6 Å². The lowest BCUT2D eigenvalue weighted by atomic mass is 10.7. The second kappa shape index (κ2) is 1.38. The molecule has 1 aliphatic heterocycles. The van der Waals surface area contributed by atoms with Crippen LogP contribution in [0.2, 0.25) is 0 Å². The van der Waals surface area contributed by atoms with Crippen molar-refractivity contribution in [3.05, 3.63) is 0 Å². The minimum absolute atomic E-state index is 0.402. The molecule has 0 spiro atoms. The zero-order chi connectivity index (χ0) is 5.28. The van der Waals surface area contributed by atoms with Gasteiger partial charge in [0.05, 0.1) is 6.54 Å². The Balaban J connectivity index is 2.48. The number of nitrogens with zero attached hydrogens (tertiary/aromatic N) is 1. The van der Waals surface area contributed by atoms with Gasteiger partial charge in [-0.1, -0.05) is 0 Å². The van der Waals surface area contributed by atoms with Gasteiger partial charge in [0.1, 0.15) is 0 Å². The van der Waals surface area contributed by atoms with Crippen molar-refractivity contribution in [2.24, 2.45) is 0 Å². The molecule has 2 N–H and O–H groups in total. The summed E-state index contributed by atoms with van der Waals surface area (Å²) < 4.78 is 0. The normalized spacial score (nSPS) is 20.1. The summed E-state index contributed by atoms with van der Waals surface area (Å²) in [7, 11) is 0. The van der Waals surface area contributed by atoms with Gasteiger partial charge in [0.25, 0.3) is 0 Å². The maximum Gasteiger partial charge on any atom is 0.341 e. The Morgan fingerprint density at radius 3 is 2.71 bits per heavy atom. The number of hydroxylamine groups is 2. The van der Waals surface area contributed by atoms with Crippen LogP contribution in [0, 0.1) is 0 Å². The minimum Gasteiger partial charge on any atom is -0.334 e. The van der Waals surface area contributed by atoms with Gasteiger partial charge in [-0.2, -0.15) is 0 Å². The molecule has 0 radical (unpaired) electrons.